The van der Waals surface area contributed by atoms with Crippen LogP contribution < -0.4 is 11.1 Å². The molecule has 4 rings (SSSR count). The molecule has 0 aliphatic heterocycles. The highest BCUT2D eigenvalue weighted by Crippen LogP contribution is 2.27. The average molecular weight is 339 g/mol. The summed E-state index contributed by atoms with van der Waals surface area (Å²) < 4.78 is 7.15. The van der Waals surface area contributed by atoms with Crippen molar-refractivity contribution in [3.8, 4) is 11.3 Å². The van der Waals surface area contributed by atoms with Gasteiger partial charge < -0.3 is 15.5 Å². The Kier molecular flexibility index (Phi) is 4.13. The molecule has 3 heterocycles. The van der Waals surface area contributed by atoms with E-state index < -0.39 is 5.91 Å². The Morgan fingerprint density at radius 2 is 2.16 bits per heavy atom. The van der Waals surface area contributed by atoms with Crippen LogP contribution in [0.3, 0.4) is 0 Å². The van der Waals surface area contributed by atoms with Crippen molar-refractivity contribution in [2.24, 2.45) is 11.7 Å². The van der Waals surface area contributed by atoms with Crippen LogP contribution >= 0.6 is 0 Å². The topological polar surface area (TPSA) is 98.5 Å². The maximum atomic E-state index is 11.2. The van der Waals surface area contributed by atoms with Gasteiger partial charge >= 0.3 is 0 Å². The van der Waals surface area contributed by atoms with E-state index in [1.165, 1.54) is 38.4 Å². The second-order valence-corrected chi connectivity index (χ2v) is 6.56. The first kappa shape index (κ1) is 15.7. The van der Waals surface area contributed by atoms with Crippen molar-refractivity contribution >= 4 is 17.4 Å². The molecule has 3 aromatic rings. The summed E-state index contributed by atoms with van der Waals surface area (Å²) in [6.07, 6.45) is 13.4. The third kappa shape index (κ3) is 3.09. The molecule has 130 valence electrons. The van der Waals surface area contributed by atoms with Crippen LogP contribution in [-0.2, 0) is 0 Å². The number of hydrogen-bond donors (Lipinski definition) is 2. The number of rotatable bonds is 5. The van der Waals surface area contributed by atoms with Crippen LogP contribution in [0.4, 0.5) is 5.82 Å². The van der Waals surface area contributed by atoms with Gasteiger partial charge in [0.1, 0.15) is 6.26 Å². The van der Waals surface area contributed by atoms with Gasteiger partial charge in [0.15, 0.2) is 17.2 Å². The van der Waals surface area contributed by atoms with Crippen LogP contribution in [0.15, 0.2) is 35.3 Å². The molecule has 0 atom stereocenters. The normalized spacial score (nSPS) is 15.5. The summed E-state index contributed by atoms with van der Waals surface area (Å²) in [5.41, 5.74) is 7.55. The summed E-state index contributed by atoms with van der Waals surface area (Å²) in [5, 5.41) is 3.45. The number of nitrogens with two attached hydrogens (primary N) is 1. The minimum Gasteiger partial charge on any atom is -0.458 e. The van der Waals surface area contributed by atoms with Crippen molar-refractivity contribution in [3.63, 3.8) is 0 Å². The van der Waals surface area contributed by atoms with Gasteiger partial charge in [0.05, 0.1) is 11.9 Å². The number of carbonyl (C=O) groups excluding carboxylic acids is 1. The van der Waals surface area contributed by atoms with Gasteiger partial charge in [-0.1, -0.05) is 19.3 Å². The van der Waals surface area contributed by atoms with Gasteiger partial charge in [0.2, 0.25) is 0 Å². The Balaban J connectivity index is 1.60. The molecule has 1 amide bonds. The smallest absolute Gasteiger partial charge is 0.284 e. The summed E-state index contributed by atoms with van der Waals surface area (Å²) >= 11 is 0. The maximum absolute atomic E-state index is 11.2. The standard InChI is InChI=1S/C18H21N5O2/c19-16(24)15-8-13(11-25-15)14-10-22-17(18-20-6-7-23(14)18)21-9-12-4-2-1-3-5-12/h6-8,10-12H,1-5,9H2,(H2,19,24)(H,21,22). The number of carbonyl (C=O) groups is 1. The molecule has 1 aliphatic carbocycles. The zero-order valence-electron chi connectivity index (χ0n) is 13.9. The van der Waals surface area contributed by atoms with Gasteiger partial charge in [-0.2, -0.15) is 0 Å². The quantitative estimate of drug-likeness (QED) is 0.744. The van der Waals surface area contributed by atoms with Crippen molar-refractivity contribution in [3.05, 3.63) is 36.7 Å². The molecule has 0 bridgehead atoms. The molecule has 1 fully saturated rings. The Morgan fingerprint density at radius 1 is 1.32 bits per heavy atom. The molecular weight excluding hydrogens is 318 g/mol. The van der Waals surface area contributed by atoms with Crippen LogP contribution in [0.1, 0.15) is 42.7 Å². The molecule has 0 spiro atoms. The highest BCUT2D eigenvalue weighted by Gasteiger charge is 2.16. The third-order valence-corrected chi connectivity index (χ3v) is 4.85. The maximum Gasteiger partial charge on any atom is 0.284 e. The van der Waals surface area contributed by atoms with Gasteiger partial charge in [-0.3, -0.25) is 9.20 Å². The summed E-state index contributed by atoms with van der Waals surface area (Å²) in [4.78, 5) is 20.2. The lowest BCUT2D eigenvalue weighted by Crippen LogP contribution is -2.18. The molecule has 0 saturated heterocycles. The zero-order chi connectivity index (χ0) is 17.2. The number of aromatic nitrogens is 3. The van der Waals surface area contributed by atoms with Gasteiger partial charge in [-0.25, -0.2) is 9.97 Å². The van der Waals surface area contributed by atoms with Gasteiger partial charge in [-0.15, -0.1) is 0 Å². The Hall–Kier alpha value is -2.83. The predicted molar refractivity (Wildman–Crippen MR) is 94.3 cm³/mol. The first-order valence-electron chi connectivity index (χ1n) is 8.67. The fraction of sp³-hybridized carbons (Fsp3) is 0.389. The molecule has 3 aromatic heterocycles. The number of furan rings is 1. The van der Waals surface area contributed by atoms with Crippen molar-refractivity contribution in [1.82, 2.24) is 14.4 Å². The summed E-state index contributed by atoms with van der Waals surface area (Å²) in [6, 6.07) is 1.62. The summed E-state index contributed by atoms with van der Waals surface area (Å²) in [5.74, 6) is 1.02. The van der Waals surface area contributed by atoms with Crippen LogP contribution in [0.2, 0.25) is 0 Å². The van der Waals surface area contributed by atoms with E-state index in [1.54, 1.807) is 18.5 Å². The number of anilines is 1. The molecule has 0 aromatic carbocycles. The molecule has 1 saturated carbocycles. The van der Waals surface area contributed by atoms with E-state index >= 15 is 0 Å². The Morgan fingerprint density at radius 3 is 2.92 bits per heavy atom. The number of primary amides is 1. The van der Waals surface area contributed by atoms with E-state index in [0.29, 0.717) is 5.92 Å². The Bertz CT molecular complexity index is 892. The SMILES string of the molecule is NC(=O)c1cc(-c2cnc(NCC3CCCCC3)c3nccn23)co1. The van der Waals surface area contributed by atoms with Crippen LogP contribution in [0.5, 0.6) is 0 Å². The van der Waals surface area contributed by atoms with Crippen molar-refractivity contribution < 1.29 is 9.21 Å². The molecule has 0 unspecified atom stereocenters. The number of hydrogen-bond acceptors (Lipinski definition) is 5. The minimum atomic E-state index is -0.591. The first-order valence-corrected chi connectivity index (χ1v) is 8.67. The molecule has 3 N–H and O–H groups in total. The number of nitrogens with one attached hydrogen (secondary N) is 1. The lowest BCUT2D eigenvalue weighted by molar-refractivity contribution is 0.0974. The van der Waals surface area contributed by atoms with E-state index in [-0.39, 0.29) is 5.76 Å². The van der Waals surface area contributed by atoms with Crippen LogP contribution in [0.25, 0.3) is 16.9 Å². The lowest BCUT2D eigenvalue weighted by atomic mass is 9.89. The van der Waals surface area contributed by atoms with Crippen molar-refractivity contribution in [2.75, 3.05) is 11.9 Å². The van der Waals surface area contributed by atoms with Crippen LogP contribution in [-0.4, -0.2) is 26.8 Å². The predicted octanol–water partition coefficient (Wildman–Crippen LogP) is 3.08. The molecular formula is C18H21N5O2. The molecule has 1 aliphatic rings. The molecule has 7 heteroatoms. The highest BCUT2D eigenvalue weighted by molar-refractivity contribution is 5.91. The second kappa shape index (κ2) is 6.58. The summed E-state index contributed by atoms with van der Waals surface area (Å²) in [6.45, 7) is 0.923. The van der Waals surface area contributed by atoms with E-state index in [9.17, 15) is 4.79 Å². The third-order valence-electron chi connectivity index (χ3n) is 4.85. The minimum absolute atomic E-state index is 0.128. The average Bonchev–Trinajstić information content (AvgIpc) is 3.30. The van der Waals surface area contributed by atoms with Gasteiger partial charge in [-0.05, 0) is 24.8 Å². The monoisotopic (exact) mass is 339 g/mol. The van der Waals surface area contributed by atoms with Gasteiger partial charge in [0, 0.05) is 24.5 Å². The first-order chi connectivity index (χ1) is 12.2. The number of imidazole rings is 1. The van der Waals surface area contributed by atoms with E-state index in [4.69, 9.17) is 10.2 Å². The Labute approximate surface area is 145 Å². The highest BCUT2D eigenvalue weighted by atomic mass is 16.3. The van der Waals surface area contributed by atoms with Crippen molar-refractivity contribution in [1.29, 1.82) is 0 Å². The largest absolute Gasteiger partial charge is 0.458 e. The van der Waals surface area contributed by atoms with Gasteiger partial charge in [0.25, 0.3) is 5.91 Å². The molecule has 7 nitrogen and oxygen atoms in total. The lowest BCUT2D eigenvalue weighted by Gasteiger charge is -2.22. The molecule has 0 radical (unpaired) electrons. The molecule has 25 heavy (non-hydrogen) atoms. The van der Waals surface area contributed by atoms with Crippen molar-refractivity contribution in [2.45, 2.75) is 32.1 Å². The number of fused-ring (bicyclic) bond motifs is 1. The van der Waals surface area contributed by atoms with E-state index in [2.05, 4.69) is 15.3 Å². The second-order valence-electron chi connectivity index (χ2n) is 6.56. The van der Waals surface area contributed by atoms with Crippen LogP contribution in [0, 0.1) is 5.92 Å². The fourth-order valence-electron chi connectivity index (χ4n) is 3.49. The van der Waals surface area contributed by atoms with E-state index in [1.807, 2.05) is 10.6 Å². The number of amides is 1. The fourth-order valence-corrected chi connectivity index (χ4v) is 3.49. The summed E-state index contributed by atoms with van der Waals surface area (Å²) in [7, 11) is 0. The zero-order valence-corrected chi connectivity index (χ0v) is 13.9. The number of nitrogens with zero attached hydrogens (tertiary/aromatic N) is 3. The van der Waals surface area contributed by atoms with E-state index in [0.717, 1.165) is 29.3 Å².